The Morgan fingerprint density at radius 3 is 2.65 bits per heavy atom. The Balaban J connectivity index is 2.39. The summed E-state index contributed by atoms with van der Waals surface area (Å²) in [4.78, 5) is 10.8. The van der Waals surface area contributed by atoms with Crippen molar-refractivity contribution in [2.24, 2.45) is 0 Å². The summed E-state index contributed by atoms with van der Waals surface area (Å²) in [6.45, 7) is 4.53. The number of hydrogen-bond acceptors (Lipinski definition) is 3. The molecule has 0 bridgehead atoms. The minimum Gasteiger partial charge on any atom is -0.265 e. The molecule has 2 aromatic rings. The number of nitro benzene ring substituents is 1. The molecule has 106 valence electrons. The highest BCUT2D eigenvalue weighted by molar-refractivity contribution is 9.10. The number of nitrogens with zero attached hydrogens (tertiary/aromatic N) is 3. The number of hydrogen-bond donors (Lipinski definition) is 0. The van der Waals surface area contributed by atoms with Gasteiger partial charge in [0.05, 0.1) is 22.7 Å². The van der Waals surface area contributed by atoms with Gasteiger partial charge in [0.25, 0.3) is 5.69 Å². The van der Waals surface area contributed by atoms with Crippen LogP contribution < -0.4 is 0 Å². The van der Waals surface area contributed by atoms with Crippen molar-refractivity contribution >= 4 is 21.6 Å². The molecule has 0 amide bonds. The van der Waals surface area contributed by atoms with Gasteiger partial charge in [0.2, 0.25) is 0 Å². The smallest absolute Gasteiger partial charge is 0.265 e. The second kappa shape index (κ2) is 6.17. The van der Waals surface area contributed by atoms with E-state index in [4.69, 9.17) is 0 Å². The van der Waals surface area contributed by atoms with Crippen LogP contribution in [-0.4, -0.2) is 14.7 Å². The molecular formula is C14H16BrN3O2. The molecule has 1 heterocycles. The summed E-state index contributed by atoms with van der Waals surface area (Å²) >= 11 is 3.27. The van der Waals surface area contributed by atoms with E-state index >= 15 is 0 Å². The molecule has 0 unspecified atom stereocenters. The van der Waals surface area contributed by atoms with Gasteiger partial charge in [-0.25, -0.2) is 0 Å². The molecule has 1 aromatic carbocycles. The molecule has 20 heavy (non-hydrogen) atoms. The Hall–Kier alpha value is -1.69. The van der Waals surface area contributed by atoms with Crippen LogP contribution in [-0.2, 0) is 19.4 Å². The second-order valence-electron chi connectivity index (χ2n) is 4.52. The maximum absolute atomic E-state index is 11.1. The molecular weight excluding hydrogens is 322 g/mol. The fourth-order valence-corrected chi connectivity index (χ4v) is 2.46. The van der Waals surface area contributed by atoms with Crippen molar-refractivity contribution in [3.63, 3.8) is 0 Å². The Morgan fingerprint density at radius 2 is 2.05 bits per heavy atom. The van der Waals surface area contributed by atoms with Gasteiger partial charge in [0.15, 0.2) is 0 Å². The summed E-state index contributed by atoms with van der Waals surface area (Å²) in [7, 11) is 0. The van der Waals surface area contributed by atoms with E-state index < -0.39 is 0 Å². The highest BCUT2D eigenvalue weighted by Gasteiger charge is 2.16. The van der Waals surface area contributed by atoms with Crippen molar-refractivity contribution in [1.82, 2.24) is 9.78 Å². The van der Waals surface area contributed by atoms with Crippen molar-refractivity contribution < 1.29 is 4.92 Å². The van der Waals surface area contributed by atoms with Crippen LogP contribution in [0.15, 0.2) is 28.7 Å². The Labute approximate surface area is 125 Å². The van der Waals surface area contributed by atoms with Crippen molar-refractivity contribution in [1.29, 1.82) is 0 Å². The molecule has 0 aliphatic rings. The standard InChI is InChI=1S/C14H16BrN3O2/c1-3-12-8-13(4-2)17(16-12)9-10-5-6-11(15)7-14(10)18(19)20/h5-8H,3-4,9H2,1-2H3. The van der Waals surface area contributed by atoms with Crippen LogP contribution in [0.2, 0.25) is 0 Å². The lowest BCUT2D eigenvalue weighted by molar-refractivity contribution is -0.385. The van der Waals surface area contributed by atoms with Gasteiger partial charge in [-0.1, -0.05) is 29.8 Å². The molecule has 1 aromatic heterocycles. The number of benzene rings is 1. The third-order valence-corrected chi connectivity index (χ3v) is 3.70. The van der Waals surface area contributed by atoms with Crippen molar-refractivity contribution in [2.75, 3.05) is 0 Å². The number of rotatable bonds is 5. The van der Waals surface area contributed by atoms with Crippen molar-refractivity contribution in [3.8, 4) is 0 Å². The molecule has 0 saturated carbocycles. The Kier molecular flexibility index (Phi) is 4.54. The fourth-order valence-electron chi connectivity index (χ4n) is 2.11. The van der Waals surface area contributed by atoms with E-state index in [1.165, 1.54) is 6.07 Å². The van der Waals surface area contributed by atoms with Gasteiger partial charge >= 0.3 is 0 Å². The van der Waals surface area contributed by atoms with E-state index in [1.807, 2.05) is 17.7 Å². The Bertz CT molecular complexity index is 637. The normalized spacial score (nSPS) is 10.8. The second-order valence-corrected chi connectivity index (χ2v) is 5.44. The van der Waals surface area contributed by atoms with Gasteiger partial charge in [-0.2, -0.15) is 5.10 Å². The molecule has 2 rings (SSSR count). The number of aromatic nitrogens is 2. The van der Waals surface area contributed by atoms with Crippen LogP contribution in [0.3, 0.4) is 0 Å². The van der Waals surface area contributed by atoms with Gasteiger partial charge in [-0.15, -0.1) is 0 Å². The van der Waals surface area contributed by atoms with Crippen LogP contribution in [0.4, 0.5) is 5.69 Å². The minimum atomic E-state index is -0.351. The lowest BCUT2D eigenvalue weighted by atomic mass is 10.2. The van der Waals surface area contributed by atoms with Gasteiger partial charge < -0.3 is 0 Å². The minimum absolute atomic E-state index is 0.120. The predicted molar refractivity (Wildman–Crippen MR) is 80.9 cm³/mol. The molecule has 0 fully saturated rings. The molecule has 6 heteroatoms. The molecule has 0 aliphatic carbocycles. The third-order valence-electron chi connectivity index (χ3n) is 3.20. The van der Waals surface area contributed by atoms with E-state index in [2.05, 4.69) is 34.0 Å². The Morgan fingerprint density at radius 1 is 1.30 bits per heavy atom. The van der Waals surface area contributed by atoms with Gasteiger partial charge in [0.1, 0.15) is 0 Å². The number of nitro groups is 1. The molecule has 0 spiro atoms. The van der Waals surface area contributed by atoms with Crippen molar-refractivity contribution in [3.05, 3.63) is 55.8 Å². The first kappa shape index (κ1) is 14.7. The first-order valence-corrected chi connectivity index (χ1v) is 7.32. The first-order chi connectivity index (χ1) is 9.55. The SMILES string of the molecule is CCc1cc(CC)n(Cc2ccc(Br)cc2[N+](=O)[O-])n1. The molecule has 0 N–H and O–H groups in total. The highest BCUT2D eigenvalue weighted by atomic mass is 79.9. The average molecular weight is 338 g/mol. The fraction of sp³-hybridized carbons (Fsp3) is 0.357. The zero-order valence-corrected chi connectivity index (χ0v) is 13.1. The van der Waals surface area contributed by atoms with Crippen LogP contribution >= 0.6 is 15.9 Å². The van der Waals surface area contributed by atoms with Crippen LogP contribution in [0.5, 0.6) is 0 Å². The van der Waals surface area contributed by atoms with Crippen LogP contribution in [0.25, 0.3) is 0 Å². The van der Waals surface area contributed by atoms with E-state index in [1.54, 1.807) is 6.07 Å². The summed E-state index contributed by atoms with van der Waals surface area (Å²) in [6.07, 6.45) is 1.72. The van der Waals surface area contributed by atoms with Crippen molar-refractivity contribution in [2.45, 2.75) is 33.2 Å². The van der Waals surface area contributed by atoms with Crippen LogP contribution in [0.1, 0.15) is 30.8 Å². The largest absolute Gasteiger partial charge is 0.275 e. The van der Waals surface area contributed by atoms with Crippen LogP contribution in [0, 0.1) is 10.1 Å². The van der Waals surface area contributed by atoms with E-state index in [0.717, 1.165) is 24.2 Å². The summed E-state index contributed by atoms with van der Waals surface area (Å²) in [6, 6.07) is 7.18. The predicted octanol–water partition coefficient (Wildman–Crippen LogP) is 3.73. The maximum atomic E-state index is 11.1. The average Bonchev–Trinajstić information content (AvgIpc) is 2.82. The summed E-state index contributed by atoms with van der Waals surface area (Å²) in [5.41, 5.74) is 2.90. The molecule has 5 nitrogen and oxygen atoms in total. The number of aryl methyl sites for hydroxylation is 2. The zero-order chi connectivity index (χ0) is 14.7. The molecule has 0 atom stereocenters. The zero-order valence-electron chi connectivity index (χ0n) is 11.5. The molecule has 0 radical (unpaired) electrons. The number of halogens is 1. The maximum Gasteiger partial charge on any atom is 0.275 e. The topological polar surface area (TPSA) is 61.0 Å². The quantitative estimate of drug-likeness (QED) is 0.616. The van der Waals surface area contributed by atoms with E-state index in [9.17, 15) is 10.1 Å². The highest BCUT2D eigenvalue weighted by Crippen LogP contribution is 2.24. The van der Waals surface area contributed by atoms with Gasteiger partial charge in [-0.3, -0.25) is 14.8 Å². The van der Waals surface area contributed by atoms with Gasteiger partial charge in [-0.05, 0) is 31.0 Å². The summed E-state index contributed by atoms with van der Waals surface area (Å²) < 4.78 is 2.56. The van der Waals surface area contributed by atoms with Gasteiger partial charge in [0, 0.05) is 16.2 Å². The third kappa shape index (κ3) is 3.07. The monoisotopic (exact) mass is 337 g/mol. The molecule has 0 aliphatic heterocycles. The lowest BCUT2D eigenvalue weighted by Gasteiger charge is -2.07. The van der Waals surface area contributed by atoms with E-state index in [0.29, 0.717) is 16.6 Å². The summed E-state index contributed by atoms with van der Waals surface area (Å²) in [5.74, 6) is 0. The molecule has 0 saturated heterocycles. The van der Waals surface area contributed by atoms with E-state index in [-0.39, 0.29) is 10.6 Å². The lowest BCUT2D eigenvalue weighted by Crippen LogP contribution is -2.08. The summed E-state index contributed by atoms with van der Waals surface area (Å²) in [5, 5.41) is 15.6. The first-order valence-electron chi connectivity index (χ1n) is 6.53.